The van der Waals surface area contributed by atoms with E-state index in [1.54, 1.807) is 7.11 Å². The standard InChI is InChI=1S/C24H34N2O6/c1-18-20(4-3-5-21(18)29-2)23(28)26-9-7-24(8-10-26)16-19(6-13-32-24)31-17-22(27)25-11-14-30-15-12-25/h3-5,19H,6-17H2,1-2H3. The highest BCUT2D eigenvalue weighted by molar-refractivity contribution is 5.96. The van der Waals surface area contributed by atoms with Crippen LogP contribution in [0, 0.1) is 6.92 Å². The van der Waals surface area contributed by atoms with Crippen LogP contribution >= 0.6 is 0 Å². The molecule has 1 unspecified atom stereocenters. The van der Waals surface area contributed by atoms with Gasteiger partial charge in [0, 0.05) is 50.3 Å². The summed E-state index contributed by atoms with van der Waals surface area (Å²) in [4.78, 5) is 29.2. The van der Waals surface area contributed by atoms with Crippen molar-refractivity contribution in [3.63, 3.8) is 0 Å². The number of rotatable bonds is 5. The Morgan fingerprint density at radius 3 is 2.56 bits per heavy atom. The summed E-state index contributed by atoms with van der Waals surface area (Å²) in [5, 5.41) is 0. The molecule has 2 amide bonds. The molecule has 0 radical (unpaired) electrons. The van der Waals surface area contributed by atoms with Crippen LogP contribution in [0.3, 0.4) is 0 Å². The first kappa shape index (κ1) is 23.0. The van der Waals surface area contributed by atoms with Crippen LogP contribution in [-0.2, 0) is 19.0 Å². The van der Waals surface area contributed by atoms with Crippen molar-refractivity contribution >= 4 is 11.8 Å². The van der Waals surface area contributed by atoms with Crippen molar-refractivity contribution in [2.45, 2.75) is 44.3 Å². The molecule has 0 aliphatic carbocycles. The van der Waals surface area contributed by atoms with Crippen molar-refractivity contribution in [2.24, 2.45) is 0 Å². The largest absolute Gasteiger partial charge is 0.496 e. The van der Waals surface area contributed by atoms with Crippen LogP contribution in [0.5, 0.6) is 5.75 Å². The first-order valence-corrected chi connectivity index (χ1v) is 11.6. The summed E-state index contributed by atoms with van der Waals surface area (Å²) < 4.78 is 22.9. The van der Waals surface area contributed by atoms with E-state index < -0.39 is 0 Å². The summed E-state index contributed by atoms with van der Waals surface area (Å²) in [6.45, 7) is 6.41. The van der Waals surface area contributed by atoms with Crippen LogP contribution in [0.25, 0.3) is 0 Å². The smallest absolute Gasteiger partial charge is 0.254 e. The van der Waals surface area contributed by atoms with Gasteiger partial charge < -0.3 is 28.7 Å². The fourth-order valence-corrected chi connectivity index (χ4v) is 4.92. The Morgan fingerprint density at radius 1 is 1.09 bits per heavy atom. The molecule has 0 bridgehead atoms. The SMILES string of the molecule is COc1cccc(C(=O)N2CCC3(CC2)CC(OCC(=O)N2CCOCC2)CCO3)c1C. The summed E-state index contributed by atoms with van der Waals surface area (Å²) in [5.41, 5.74) is 1.28. The van der Waals surface area contributed by atoms with Crippen molar-refractivity contribution in [3.05, 3.63) is 29.3 Å². The lowest BCUT2D eigenvalue weighted by Crippen LogP contribution is -2.52. The molecule has 3 aliphatic rings. The lowest BCUT2D eigenvalue weighted by atomic mass is 9.83. The van der Waals surface area contributed by atoms with E-state index in [4.69, 9.17) is 18.9 Å². The molecule has 4 rings (SSSR count). The zero-order chi connectivity index (χ0) is 22.6. The third-order valence-corrected chi connectivity index (χ3v) is 6.95. The van der Waals surface area contributed by atoms with Crippen LogP contribution in [0.2, 0.25) is 0 Å². The maximum Gasteiger partial charge on any atom is 0.254 e. The fraction of sp³-hybridized carbons (Fsp3) is 0.667. The number of amides is 2. The second-order valence-electron chi connectivity index (χ2n) is 8.88. The van der Waals surface area contributed by atoms with Crippen LogP contribution in [0.15, 0.2) is 18.2 Å². The molecule has 0 N–H and O–H groups in total. The van der Waals surface area contributed by atoms with E-state index in [0.29, 0.717) is 51.6 Å². The van der Waals surface area contributed by atoms with Crippen LogP contribution in [0.4, 0.5) is 0 Å². The molecule has 3 saturated heterocycles. The normalized spacial score (nSPS) is 23.2. The Kier molecular flexibility index (Phi) is 7.33. The van der Waals surface area contributed by atoms with Crippen molar-refractivity contribution < 1.29 is 28.5 Å². The number of benzene rings is 1. The Balaban J connectivity index is 1.29. The lowest BCUT2D eigenvalue weighted by molar-refractivity contribution is -0.163. The first-order chi connectivity index (χ1) is 15.5. The van der Waals surface area contributed by atoms with Gasteiger partial charge in [-0.3, -0.25) is 9.59 Å². The summed E-state index contributed by atoms with van der Waals surface area (Å²) in [6.07, 6.45) is 3.13. The van der Waals surface area contributed by atoms with Crippen molar-refractivity contribution in [3.8, 4) is 5.75 Å². The van der Waals surface area contributed by atoms with Crippen LogP contribution in [-0.4, -0.2) is 93.0 Å². The molecule has 176 valence electrons. The Hall–Kier alpha value is -2.16. The number of carbonyl (C=O) groups is 2. The summed E-state index contributed by atoms with van der Waals surface area (Å²) >= 11 is 0. The quantitative estimate of drug-likeness (QED) is 0.689. The van der Waals surface area contributed by atoms with E-state index in [-0.39, 0.29) is 30.1 Å². The number of hydrogen-bond donors (Lipinski definition) is 0. The molecular weight excluding hydrogens is 412 g/mol. The molecule has 1 atom stereocenters. The molecule has 3 aliphatic heterocycles. The third-order valence-electron chi connectivity index (χ3n) is 6.95. The maximum absolute atomic E-state index is 13.1. The summed E-state index contributed by atoms with van der Waals surface area (Å²) in [6, 6.07) is 5.59. The highest BCUT2D eigenvalue weighted by atomic mass is 16.5. The zero-order valence-electron chi connectivity index (χ0n) is 19.1. The van der Waals surface area contributed by atoms with Gasteiger partial charge in [-0.05, 0) is 38.3 Å². The number of likely N-dealkylation sites (tertiary alicyclic amines) is 1. The van der Waals surface area contributed by atoms with Crippen molar-refractivity contribution in [2.75, 3.05) is 59.7 Å². The minimum Gasteiger partial charge on any atom is -0.496 e. The molecule has 32 heavy (non-hydrogen) atoms. The van der Waals surface area contributed by atoms with Gasteiger partial charge in [0.1, 0.15) is 12.4 Å². The number of ether oxygens (including phenoxy) is 4. The lowest BCUT2D eigenvalue weighted by Gasteiger charge is -2.46. The number of carbonyl (C=O) groups excluding carboxylic acids is 2. The highest BCUT2D eigenvalue weighted by Gasteiger charge is 2.42. The number of methoxy groups -OCH3 is 1. The predicted molar refractivity (Wildman–Crippen MR) is 118 cm³/mol. The second kappa shape index (κ2) is 10.2. The van der Waals surface area contributed by atoms with Gasteiger partial charge in [-0.2, -0.15) is 0 Å². The molecule has 8 nitrogen and oxygen atoms in total. The topological polar surface area (TPSA) is 77.5 Å². The summed E-state index contributed by atoms with van der Waals surface area (Å²) in [5.74, 6) is 0.797. The Bertz CT molecular complexity index is 815. The average molecular weight is 447 g/mol. The Labute approximate surface area is 189 Å². The monoisotopic (exact) mass is 446 g/mol. The van der Waals surface area contributed by atoms with Gasteiger partial charge in [-0.25, -0.2) is 0 Å². The molecular formula is C24H34N2O6. The van der Waals surface area contributed by atoms with Crippen LogP contribution < -0.4 is 4.74 Å². The van der Waals surface area contributed by atoms with Gasteiger partial charge in [0.05, 0.1) is 32.0 Å². The number of nitrogens with zero attached hydrogens (tertiary/aromatic N) is 2. The molecule has 8 heteroatoms. The van der Waals surface area contributed by atoms with Gasteiger partial charge in [-0.15, -0.1) is 0 Å². The van der Waals surface area contributed by atoms with E-state index >= 15 is 0 Å². The van der Waals surface area contributed by atoms with E-state index in [1.807, 2.05) is 34.9 Å². The molecule has 1 spiro atoms. The zero-order valence-corrected chi connectivity index (χ0v) is 19.1. The minimum absolute atomic E-state index is 0.0108. The van der Waals surface area contributed by atoms with Gasteiger partial charge in [-0.1, -0.05) is 6.07 Å². The minimum atomic E-state index is -0.273. The maximum atomic E-state index is 13.1. The highest BCUT2D eigenvalue weighted by Crippen LogP contribution is 2.36. The van der Waals surface area contributed by atoms with E-state index in [9.17, 15) is 9.59 Å². The van der Waals surface area contributed by atoms with E-state index in [2.05, 4.69) is 0 Å². The predicted octanol–water partition coefficient (Wildman–Crippen LogP) is 2.03. The molecule has 3 fully saturated rings. The van der Waals surface area contributed by atoms with Gasteiger partial charge in [0.15, 0.2) is 0 Å². The van der Waals surface area contributed by atoms with Gasteiger partial charge >= 0.3 is 0 Å². The van der Waals surface area contributed by atoms with E-state index in [0.717, 1.165) is 37.0 Å². The van der Waals surface area contributed by atoms with Crippen LogP contribution in [0.1, 0.15) is 41.6 Å². The average Bonchev–Trinajstić information content (AvgIpc) is 2.83. The molecule has 1 aromatic carbocycles. The van der Waals surface area contributed by atoms with Crippen molar-refractivity contribution in [1.29, 1.82) is 0 Å². The summed E-state index contributed by atoms with van der Waals surface area (Å²) in [7, 11) is 1.62. The van der Waals surface area contributed by atoms with Crippen molar-refractivity contribution in [1.82, 2.24) is 9.80 Å². The first-order valence-electron chi connectivity index (χ1n) is 11.6. The van der Waals surface area contributed by atoms with E-state index in [1.165, 1.54) is 0 Å². The number of morpholine rings is 1. The number of piperidine rings is 1. The molecule has 3 heterocycles. The third kappa shape index (κ3) is 5.08. The van der Waals surface area contributed by atoms with Gasteiger partial charge in [0.2, 0.25) is 5.91 Å². The second-order valence-corrected chi connectivity index (χ2v) is 8.88. The number of hydrogen-bond acceptors (Lipinski definition) is 6. The molecule has 0 saturated carbocycles. The Morgan fingerprint density at radius 2 is 1.84 bits per heavy atom. The molecule has 0 aromatic heterocycles. The molecule has 1 aromatic rings. The van der Waals surface area contributed by atoms with Gasteiger partial charge in [0.25, 0.3) is 5.91 Å². The fourth-order valence-electron chi connectivity index (χ4n) is 4.92.